The number of anilines is 2. The Labute approximate surface area is 174 Å². The minimum atomic E-state index is -2.18. The third kappa shape index (κ3) is 5.80. The molecule has 152 valence electrons. The molecule has 2 N–H and O–H groups in total. The topological polar surface area (TPSA) is 96.3 Å². The Kier molecular flexibility index (Phi) is 7.23. The van der Waals surface area contributed by atoms with Crippen molar-refractivity contribution in [3.8, 4) is 11.5 Å². The normalized spacial score (nSPS) is 11.6. The van der Waals surface area contributed by atoms with Crippen LogP contribution in [0.25, 0.3) is 0 Å². The second kappa shape index (κ2) is 10.1. The maximum Gasteiger partial charge on any atom is 0.307 e. The molecule has 7 nitrogen and oxygen atoms in total. The number of carbonyl (C=O) groups is 1. The summed E-state index contributed by atoms with van der Waals surface area (Å²) < 4.78 is 33.9. The number of benzene rings is 2. The number of ether oxygens (including phenoxy) is 2. The number of nitrogens with zero attached hydrogens (tertiary/aromatic N) is 1. The van der Waals surface area contributed by atoms with Gasteiger partial charge >= 0.3 is 5.97 Å². The first kappa shape index (κ1) is 20.8. The lowest BCUT2D eigenvalue weighted by Gasteiger charge is -2.18. The molecule has 0 radical (unpaired) electrons. The van der Waals surface area contributed by atoms with Crippen LogP contribution in [0.4, 0.5) is 10.7 Å². The number of carboxylic acids is 1. The molecule has 0 aliphatic heterocycles. The van der Waals surface area contributed by atoms with Crippen LogP contribution in [0.2, 0.25) is 0 Å². The summed E-state index contributed by atoms with van der Waals surface area (Å²) in [7, 11) is 0. The summed E-state index contributed by atoms with van der Waals surface area (Å²) in [6.07, 6.45) is -0.106. The quantitative estimate of drug-likeness (QED) is 0.369. The average Bonchev–Trinajstić information content (AvgIpc) is 3.21. The zero-order valence-corrected chi connectivity index (χ0v) is 16.9. The largest absolute Gasteiger partial charge is 0.490 e. The fourth-order valence-electron chi connectivity index (χ4n) is 2.62. The minimum Gasteiger partial charge on any atom is -0.490 e. The summed E-state index contributed by atoms with van der Waals surface area (Å²) in [5, 5.41) is 11.4. The van der Waals surface area contributed by atoms with Crippen LogP contribution in [0.5, 0.6) is 11.5 Å². The van der Waals surface area contributed by atoms with E-state index in [1.807, 2.05) is 11.4 Å². The van der Waals surface area contributed by atoms with Crippen LogP contribution >= 0.6 is 11.3 Å². The van der Waals surface area contributed by atoms with Crippen molar-refractivity contribution in [2.24, 2.45) is 0 Å². The van der Waals surface area contributed by atoms with Crippen molar-refractivity contribution in [3.63, 3.8) is 0 Å². The van der Waals surface area contributed by atoms with Gasteiger partial charge in [-0.3, -0.25) is 9.35 Å². The van der Waals surface area contributed by atoms with E-state index in [1.54, 1.807) is 54.6 Å². The van der Waals surface area contributed by atoms with E-state index in [0.29, 0.717) is 27.8 Å². The smallest absolute Gasteiger partial charge is 0.307 e. The van der Waals surface area contributed by atoms with E-state index < -0.39 is 17.2 Å². The molecule has 0 aliphatic rings. The van der Waals surface area contributed by atoms with Crippen LogP contribution in [-0.2, 0) is 22.5 Å². The fourth-order valence-corrected chi connectivity index (χ4v) is 4.11. The van der Waals surface area contributed by atoms with Gasteiger partial charge in [-0.05, 0) is 47.8 Å². The van der Waals surface area contributed by atoms with Gasteiger partial charge in [-0.25, -0.2) is 8.51 Å². The van der Waals surface area contributed by atoms with Gasteiger partial charge in [0, 0.05) is 5.56 Å². The monoisotopic (exact) mass is 433 g/mol. The number of hydrogen-bond donors (Lipinski definition) is 2. The molecule has 0 spiro atoms. The van der Waals surface area contributed by atoms with Gasteiger partial charge in [0.15, 0.2) is 0 Å². The zero-order chi connectivity index (χ0) is 20.6. The first-order valence-electron chi connectivity index (χ1n) is 8.64. The Morgan fingerprint density at radius 2 is 1.72 bits per heavy atom. The van der Waals surface area contributed by atoms with Gasteiger partial charge in [0.25, 0.3) is 11.3 Å². The third-order valence-electron chi connectivity index (χ3n) is 3.86. The van der Waals surface area contributed by atoms with E-state index in [1.165, 1.54) is 15.6 Å². The number of hydrogen-bond acceptors (Lipinski definition) is 5. The molecule has 3 aromatic rings. The lowest BCUT2D eigenvalue weighted by atomic mass is 10.1. The van der Waals surface area contributed by atoms with Crippen molar-refractivity contribution in [1.29, 1.82) is 0 Å². The second-order valence-electron chi connectivity index (χ2n) is 5.85. The molecule has 1 aromatic heterocycles. The van der Waals surface area contributed by atoms with Crippen molar-refractivity contribution >= 4 is 39.3 Å². The predicted octanol–water partition coefficient (Wildman–Crippen LogP) is 4.11. The Balaban J connectivity index is 1.55. The highest BCUT2D eigenvalue weighted by atomic mass is 32.2. The lowest BCUT2D eigenvalue weighted by Crippen LogP contribution is -2.18. The van der Waals surface area contributed by atoms with Gasteiger partial charge in [-0.2, -0.15) is 0 Å². The van der Waals surface area contributed by atoms with Crippen molar-refractivity contribution in [2.75, 3.05) is 17.5 Å². The van der Waals surface area contributed by atoms with Crippen molar-refractivity contribution in [2.45, 2.75) is 6.42 Å². The Bertz CT molecular complexity index is 959. The number of aliphatic carboxylic acids is 1. The van der Waals surface area contributed by atoms with Gasteiger partial charge < -0.3 is 14.6 Å². The predicted molar refractivity (Wildman–Crippen MR) is 112 cm³/mol. The van der Waals surface area contributed by atoms with Gasteiger partial charge in [-0.15, -0.1) is 11.3 Å². The molecule has 0 fully saturated rings. The summed E-state index contributed by atoms with van der Waals surface area (Å²) >= 11 is -0.818. The molecule has 0 saturated carbocycles. The van der Waals surface area contributed by atoms with Crippen molar-refractivity contribution < 1.29 is 28.1 Å². The molecule has 0 aliphatic carbocycles. The third-order valence-corrected chi connectivity index (χ3v) is 5.55. The first-order valence-corrected chi connectivity index (χ1v) is 10.6. The average molecular weight is 434 g/mol. The van der Waals surface area contributed by atoms with Crippen LogP contribution in [0.15, 0.2) is 66.0 Å². The fraction of sp³-hybridized carbons (Fsp3) is 0.150. The number of para-hydroxylation sites is 1. The summed E-state index contributed by atoms with van der Waals surface area (Å²) in [5.41, 5.74) is 1.18. The standard InChI is InChI=1S/C20H19NO6S2/c22-20(23)14-15-4-1-2-5-18(15)27-12-11-26-17-9-7-16(8-10-17)21(29(24)25)19-6-3-13-28-19/h1-10,13H,11-12,14H2,(H,22,23)(H,24,25). The van der Waals surface area contributed by atoms with E-state index in [-0.39, 0.29) is 19.6 Å². The van der Waals surface area contributed by atoms with Gasteiger partial charge in [0.05, 0.1) is 12.1 Å². The highest BCUT2D eigenvalue weighted by Crippen LogP contribution is 2.31. The van der Waals surface area contributed by atoms with E-state index in [2.05, 4.69) is 0 Å². The molecule has 29 heavy (non-hydrogen) atoms. The van der Waals surface area contributed by atoms with E-state index in [4.69, 9.17) is 14.6 Å². The van der Waals surface area contributed by atoms with E-state index in [0.717, 1.165) is 0 Å². The maximum atomic E-state index is 11.7. The van der Waals surface area contributed by atoms with Gasteiger partial charge in [0.1, 0.15) is 29.7 Å². The maximum absolute atomic E-state index is 11.7. The van der Waals surface area contributed by atoms with Crippen molar-refractivity contribution in [1.82, 2.24) is 0 Å². The highest BCUT2D eigenvalue weighted by molar-refractivity contribution is 7.81. The lowest BCUT2D eigenvalue weighted by molar-refractivity contribution is -0.136. The number of thiophene rings is 1. The highest BCUT2D eigenvalue weighted by Gasteiger charge is 2.16. The molecule has 1 heterocycles. The molecular formula is C20H19NO6S2. The van der Waals surface area contributed by atoms with Crippen LogP contribution in [-0.4, -0.2) is 33.1 Å². The Hall–Kier alpha value is -2.88. The molecule has 0 saturated heterocycles. The number of carboxylic acid groups (broad SMARTS) is 1. The molecule has 0 bridgehead atoms. The SMILES string of the molecule is O=C(O)Cc1ccccc1OCCOc1ccc(N(c2cccs2)S(=O)O)cc1. The molecule has 3 rings (SSSR count). The summed E-state index contributed by atoms with van der Waals surface area (Å²) in [5.74, 6) is 0.190. The molecule has 9 heteroatoms. The van der Waals surface area contributed by atoms with Crippen LogP contribution in [0.1, 0.15) is 5.56 Å². The molecule has 1 atom stereocenters. The van der Waals surface area contributed by atoms with Crippen LogP contribution < -0.4 is 13.8 Å². The van der Waals surface area contributed by atoms with Crippen LogP contribution in [0, 0.1) is 0 Å². The van der Waals surface area contributed by atoms with E-state index >= 15 is 0 Å². The molecular weight excluding hydrogens is 414 g/mol. The summed E-state index contributed by atoms with van der Waals surface area (Å²) in [6, 6.07) is 17.4. The summed E-state index contributed by atoms with van der Waals surface area (Å²) in [4.78, 5) is 10.9. The Morgan fingerprint density at radius 1 is 1.00 bits per heavy atom. The zero-order valence-electron chi connectivity index (χ0n) is 15.3. The Morgan fingerprint density at radius 3 is 2.38 bits per heavy atom. The molecule has 2 aromatic carbocycles. The summed E-state index contributed by atoms with van der Waals surface area (Å²) in [6.45, 7) is 0.516. The first-order chi connectivity index (χ1) is 14.0. The molecule has 0 amide bonds. The second-order valence-corrected chi connectivity index (χ2v) is 7.60. The van der Waals surface area contributed by atoms with Gasteiger partial charge in [-0.1, -0.05) is 18.2 Å². The minimum absolute atomic E-state index is 0.106. The van der Waals surface area contributed by atoms with E-state index in [9.17, 15) is 13.6 Å². The number of rotatable bonds is 10. The van der Waals surface area contributed by atoms with Crippen LogP contribution in [0.3, 0.4) is 0 Å². The van der Waals surface area contributed by atoms with Gasteiger partial charge in [0.2, 0.25) is 0 Å². The van der Waals surface area contributed by atoms with Crippen molar-refractivity contribution in [3.05, 3.63) is 71.6 Å². The molecule has 1 unspecified atom stereocenters.